The summed E-state index contributed by atoms with van der Waals surface area (Å²) in [4.78, 5) is 18.8. The van der Waals surface area contributed by atoms with E-state index in [-0.39, 0.29) is 18.1 Å². The quantitative estimate of drug-likeness (QED) is 0.875. The molecule has 1 aromatic carbocycles. The van der Waals surface area contributed by atoms with E-state index in [2.05, 4.69) is 14.9 Å². The first-order chi connectivity index (χ1) is 13.0. The van der Waals surface area contributed by atoms with E-state index >= 15 is 0 Å². The second-order valence-corrected chi connectivity index (χ2v) is 8.16. The third kappa shape index (κ3) is 3.58. The fourth-order valence-electron chi connectivity index (χ4n) is 4.60. The van der Waals surface area contributed by atoms with Gasteiger partial charge in [-0.3, -0.25) is 0 Å². The molecule has 2 N–H and O–H groups in total. The summed E-state index contributed by atoms with van der Waals surface area (Å²) >= 11 is 0. The van der Waals surface area contributed by atoms with Gasteiger partial charge in [0, 0.05) is 37.1 Å². The van der Waals surface area contributed by atoms with Crippen molar-refractivity contribution in [3.63, 3.8) is 0 Å². The Labute approximate surface area is 160 Å². The van der Waals surface area contributed by atoms with Crippen LogP contribution < -0.4 is 5.32 Å². The van der Waals surface area contributed by atoms with Gasteiger partial charge in [0.1, 0.15) is 5.82 Å². The highest BCUT2D eigenvalue weighted by molar-refractivity contribution is 5.74. The van der Waals surface area contributed by atoms with Crippen LogP contribution in [0.3, 0.4) is 0 Å². The second kappa shape index (κ2) is 7.35. The molecule has 4 atom stereocenters. The smallest absolute Gasteiger partial charge is 0.317 e. The Morgan fingerprint density at radius 2 is 1.89 bits per heavy atom. The molecule has 0 spiro atoms. The summed E-state index contributed by atoms with van der Waals surface area (Å²) in [5.74, 6) is 1.69. The van der Waals surface area contributed by atoms with Crippen molar-refractivity contribution in [1.82, 2.24) is 19.8 Å². The van der Waals surface area contributed by atoms with Gasteiger partial charge in [-0.05, 0) is 38.5 Å². The number of benzene rings is 1. The van der Waals surface area contributed by atoms with Crippen LogP contribution in [0.2, 0.25) is 0 Å². The Morgan fingerprint density at radius 3 is 2.59 bits per heavy atom. The summed E-state index contributed by atoms with van der Waals surface area (Å²) in [7, 11) is 0. The summed E-state index contributed by atoms with van der Waals surface area (Å²) in [6, 6.07) is 10.2. The number of carbonyl (C=O) groups is 1. The second-order valence-electron chi connectivity index (χ2n) is 8.16. The lowest BCUT2D eigenvalue weighted by atomic mass is 9.77. The zero-order valence-corrected chi connectivity index (χ0v) is 16.0. The van der Waals surface area contributed by atoms with Crippen LogP contribution in [0.25, 0.3) is 11.4 Å². The van der Waals surface area contributed by atoms with Crippen LogP contribution in [0.1, 0.15) is 32.7 Å². The molecule has 0 radical (unpaired) electrons. The van der Waals surface area contributed by atoms with E-state index in [0.717, 1.165) is 37.3 Å². The van der Waals surface area contributed by atoms with Gasteiger partial charge in [0.05, 0.1) is 12.1 Å². The molecule has 0 bridgehead atoms. The summed E-state index contributed by atoms with van der Waals surface area (Å²) < 4.78 is 2.12. The lowest BCUT2D eigenvalue weighted by Crippen LogP contribution is -2.41. The van der Waals surface area contributed by atoms with Crippen molar-refractivity contribution in [3.8, 4) is 11.4 Å². The van der Waals surface area contributed by atoms with E-state index in [0.29, 0.717) is 11.8 Å². The van der Waals surface area contributed by atoms with Crippen molar-refractivity contribution in [3.05, 3.63) is 42.7 Å². The number of amides is 2. The van der Waals surface area contributed by atoms with Gasteiger partial charge >= 0.3 is 6.03 Å². The molecule has 1 saturated carbocycles. The number of hydrogen-bond donors (Lipinski definition) is 2. The van der Waals surface area contributed by atoms with Crippen molar-refractivity contribution in [2.45, 2.75) is 44.9 Å². The van der Waals surface area contributed by atoms with E-state index in [4.69, 9.17) is 0 Å². The molecular weight excluding hydrogens is 340 g/mol. The SMILES string of the molecule is CC(C)NC(=O)N1C[C@H]2C[C@H](O)[C@@H](n3ccnc3-c3ccccc3)C[C@H]2C1. The van der Waals surface area contributed by atoms with Crippen molar-refractivity contribution < 1.29 is 9.90 Å². The van der Waals surface area contributed by atoms with Gasteiger partial charge in [0.2, 0.25) is 0 Å². The van der Waals surface area contributed by atoms with Gasteiger partial charge in [-0.2, -0.15) is 0 Å². The molecule has 2 heterocycles. The highest BCUT2D eigenvalue weighted by atomic mass is 16.3. The highest BCUT2D eigenvalue weighted by Crippen LogP contribution is 2.42. The fourth-order valence-corrected chi connectivity index (χ4v) is 4.60. The molecule has 1 aliphatic carbocycles. The van der Waals surface area contributed by atoms with Crippen LogP contribution in [0.15, 0.2) is 42.7 Å². The first-order valence-corrected chi connectivity index (χ1v) is 9.84. The van der Waals surface area contributed by atoms with Gasteiger partial charge in [-0.15, -0.1) is 0 Å². The lowest BCUT2D eigenvalue weighted by molar-refractivity contribution is 0.0365. The minimum absolute atomic E-state index is 0.00272. The number of carbonyl (C=O) groups excluding carboxylic acids is 1. The van der Waals surface area contributed by atoms with Crippen molar-refractivity contribution >= 4 is 6.03 Å². The highest BCUT2D eigenvalue weighted by Gasteiger charge is 2.44. The number of nitrogens with one attached hydrogen (secondary N) is 1. The van der Waals surface area contributed by atoms with Crippen molar-refractivity contribution in [1.29, 1.82) is 0 Å². The average Bonchev–Trinajstić information content (AvgIpc) is 3.27. The van der Waals surface area contributed by atoms with Crippen molar-refractivity contribution in [2.24, 2.45) is 11.8 Å². The number of urea groups is 1. The van der Waals surface area contributed by atoms with Gasteiger partial charge in [0.15, 0.2) is 0 Å². The largest absolute Gasteiger partial charge is 0.391 e. The third-order valence-electron chi connectivity index (χ3n) is 5.87. The Bertz CT molecular complexity index is 788. The van der Waals surface area contributed by atoms with Crippen LogP contribution in [0.4, 0.5) is 4.79 Å². The number of aromatic nitrogens is 2. The molecule has 4 rings (SSSR count). The zero-order valence-electron chi connectivity index (χ0n) is 16.0. The van der Waals surface area contributed by atoms with E-state index in [9.17, 15) is 9.90 Å². The van der Waals surface area contributed by atoms with Gasteiger partial charge in [0.25, 0.3) is 0 Å². The predicted octanol–water partition coefficient (Wildman–Crippen LogP) is 2.91. The number of nitrogens with zero attached hydrogens (tertiary/aromatic N) is 3. The molecule has 6 heteroatoms. The molecule has 1 aliphatic heterocycles. The molecular formula is C21H28N4O2. The van der Waals surface area contributed by atoms with E-state index in [1.54, 1.807) is 6.20 Å². The molecule has 1 aromatic heterocycles. The number of aliphatic hydroxyl groups excluding tert-OH is 1. The molecule has 2 aliphatic rings. The molecule has 0 unspecified atom stereocenters. The maximum atomic E-state index is 12.4. The number of aliphatic hydroxyl groups is 1. The first kappa shape index (κ1) is 18.0. The number of hydrogen-bond acceptors (Lipinski definition) is 3. The van der Waals surface area contributed by atoms with Gasteiger partial charge in [-0.1, -0.05) is 30.3 Å². The normalized spacial score (nSPS) is 27.6. The summed E-state index contributed by atoms with van der Waals surface area (Å²) in [6.07, 6.45) is 4.95. The van der Waals surface area contributed by atoms with Crippen LogP contribution >= 0.6 is 0 Å². The first-order valence-electron chi connectivity index (χ1n) is 9.84. The van der Waals surface area contributed by atoms with Crippen LogP contribution in [-0.4, -0.2) is 50.8 Å². The Kier molecular flexibility index (Phi) is 4.91. The van der Waals surface area contributed by atoms with Gasteiger partial charge < -0.3 is 19.9 Å². The summed E-state index contributed by atoms with van der Waals surface area (Å²) in [6.45, 7) is 5.46. The molecule has 144 valence electrons. The molecule has 2 fully saturated rings. The molecule has 6 nitrogen and oxygen atoms in total. The monoisotopic (exact) mass is 368 g/mol. The van der Waals surface area contributed by atoms with Crippen LogP contribution in [0.5, 0.6) is 0 Å². The number of rotatable bonds is 3. The topological polar surface area (TPSA) is 70.4 Å². The van der Waals surface area contributed by atoms with Crippen LogP contribution in [0, 0.1) is 11.8 Å². The fraction of sp³-hybridized carbons (Fsp3) is 0.524. The minimum atomic E-state index is -0.420. The average molecular weight is 368 g/mol. The van der Waals surface area contributed by atoms with Crippen LogP contribution in [-0.2, 0) is 0 Å². The molecule has 2 aromatic rings. The third-order valence-corrected chi connectivity index (χ3v) is 5.87. The zero-order chi connectivity index (χ0) is 19.0. The number of imidazole rings is 1. The number of fused-ring (bicyclic) bond motifs is 1. The Morgan fingerprint density at radius 1 is 1.19 bits per heavy atom. The van der Waals surface area contributed by atoms with E-state index < -0.39 is 6.10 Å². The van der Waals surface area contributed by atoms with E-state index in [1.165, 1.54) is 0 Å². The predicted molar refractivity (Wildman–Crippen MR) is 104 cm³/mol. The maximum absolute atomic E-state index is 12.4. The molecule has 1 saturated heterocycles. The minimum Gasteiger partial charge on any atom is -0.391 e. The van der Waals surface area contributed by atoms with Gasteiger partial charge in [-0.25, -0.2) is 9.78 Å². The Hall–Kier alpha value is -2.34. The van der Waals surface area contributed by atoms with E-state index in [1.807, 2.05) is 55.3 Å². The lowest BCUT2D eigenvalue weighted by Gasteiger charge is -2.36. The standard InChI is InChI=1S/C21H28N4O2/c1-14(2)23-21(27)24-12-16-10-18(19(26)11-17(16)13-24)25-9-8-22-20(25)15-6-4-3-5-7-15/h3-9,14,16-19,26H,10-13H2,1-2H3,(H,23,27)/t16-,17+,18-,19-/m0/s1. The Balaban J connectivity index is 1.51. The molecule has 2 amide bonds. The van der Waals surface area contributed by atoms with Crippen molar-refractivity contribution in [2.75, 3.05) is 13.1 Å². The summed E-state index contributed by atoms with van der Waals surface area (Å²) in [5.41, 5.74) is 1.06. The molecule has 27 heavy (non-hydrogen) atoms. The maximum Gasteiger partial charge on any atom is 0.317 e. The summed E-state index contributed by atoms with van der Waals surface area (Å²) in [5, 5.41) is 13.8. The number of likely N-dealkylation sites (tertiary alicyclic amines) is 1.